The average Bonchev–Trinajstić information content (AvgIpc) is 2.95. The minimum atomic E-state index is -4.61. The van der Waals surface area contributed by atoms with Crippen molar-refractivity contribution in [3.63, 3.8) is 0 Å². The molecule has 0 aliphatic rings. The summed E-state index contributed by atoms with van der Waals surface area (Å²) in [7, 11) is 0. The molecule has 214 valence electrons. The quantitative estimate of drug-likeness (QED) is 0.0796. The molecule has 0 radical (unpaired) electrons. The largest absolute Gasteiger partial charge is 0.494 e. The Hall–Kier alpha value is -4.60. The molecule has 3 aromatic carbocycles. The van der Waals surface area contributed by atoms with Gasteiger partial charge in [0, 0.05) is 5.39 Å². The summed E-state index contributed by atoms with van der Waals surface area (Å²) in [6.07, 6.45) is 1.06. The molecule has 1 heterocycles. The molecule has 7 nitrogen and oxygen atoms in total. The first kappa shape index (κ1) is 29.4. The van der Waals surface area contributed by atoms with Gasteiger partial charge >= 0.3 is 23.7 Å². The minimum absolute atomic E-state index is 0.0397. The van der Waals surface area contributed by atoms with E-state index in [1.807, 2.05) is 0 Å². The molecule has 1 aromatic heterocycles. The van der Waals surface area contributed by atoms with Gasteiger partial charge in [-0.05, 0) is 73.2 Å². The summed E-state index contributed by atoms with van der Waals surface area (Å²) in [5.74, 6) is -0.766. The van der Waals surface area contributed by atoms with Gasteiger partial charge in [-0.3, -0.25) is 0 Å². The van der Waals surface area contributed by atoms with Gasteiger partial charge in [-0.2, -0.15) is 13.2 Å². The molecule has 0 aliphatic heterocycles. The van der Waals surface area contributed by atoms with E-state index in [0.717, 1.165) is 31.0 Å². The highest BCUT2D eigenvalue weighted by Gasteiger charge is 2.31. The number of fused-ring (bicyclic) bond motifs is 1. The Kier molecular flexibility index (Phi) is 9.44. The summed E-state index contributed by atoms with van der Waals surface area (Å²) in [5.41, 5.74) is -2.61. The number of alkyl halides is 3. The van der Waals surface area contributed by atoms with Crippen LogP contribution in [-0.2, 0) is 6.18 Å². The number of carbonyl (C=O) groups excluding carboxylic acids is 2. The molecule has 0 amide bonds. The molecular weight excluding hydrogens is 541 g/mol. The number of benzene rings is 3. The van der Waals surface area contributed by atoms with Gasteiger partial charge in [0.2, 0.25) is 0 Å². The van der Waals surface area contributed by atoms with Crippen LogP contribution in [0.4, 0.5) is 13.2 Å². The van der Waals surface area contributed by atoms with E-state index in [-0.39, 0.29) is 22.5 Å². The van der Waals surface area contributed by atoms with Crippen LogP contribution in [0.3, 0.4) is 0 Å². The molecule has 0 aliphatic carbocycles. The van der Waals surface area contributed by atoms with Crippen LogP contribution in [0.2, 0.25) is 0 Å². The van der Waals surface area contributed by atoms with Crippen LogP contribution in [0, 0.1) is 0 Å². The molecule has 0 atom stereocenters. The molecule has 0 unspecified atom stereocenters. The molecule has 0 N–H and O–H groups in total. The van der Waals surface area contributed by atoms with Crippen LogP contribution in [0.15, 0.2) is 82.0 Å². The fourth-order valence-corrected chi connectivity index (χ4v) is 3.92. The summed E-state index contributed by atoms with van der Waals surface area (Å²) in [4.78, 5) is 37.3. The number of carbonyl (C=O) groups is 2. The maximum absolute atomic E-state index is 12.9. The lowest BCUT2D eigenvalue weighted by Gasteiger charge is -2.09. The molecule has 0 saturated heterocycles. The van der Waals surface area contributed by atoms with Crippen LogP contribution >= 0.6 is 0 Å². The fraction of sp³-hybridized carbons (Fsp3) is 0.258. The predicted octanol–water partition coefficient (Wildman–Crippen LogP) is 7.60. The Bertz CT molecular complexity index is 1560. The second-order valence-corrected chi connectivity index (χ2v) is 9.24. The van der Waals surface area contributed by atoms with Gasteiger partial charge in [0.1, 0.15) is 28.4 Å². The van der Waals surface area contributed by atoms with Crippen molar-refractivity contribution < 1.29 is 41.4 Å². The third-order valence-corrected chi connectivity index (χ3v) is 6.13. The zero-order chi connectivity index (χ0) is 29.4. The summed E-state index contributed by atoms with van der Waals surface area (Å²) >= 11 is 0. The van der Waals surface area contributed by atoms with E-state index in [4.69, 9.17) is 18.6 Å². The van der Waals surface area contributed by atoms with Crippen LogP contribution in [0.25, 0.3) is 11.0 Å². The Morgan fingerprint density at radius 3 is 2.00 bits per heavy atom. The van der Waals surface area contributed by atoms with Crippen molar-refractivity contribution in [2.45, 2.75) is 45.2 Å². The standard InChI is InChI=1S/C31H27F3O7/c1-2-3-4-5-6-17-38-23-11-8-20(9-12-23)28(35)39-24-13-15-25(16-14-24)40-29(36)26-18-21-7-10-22(31(32,33)34)19-27(21)41-30(26)37/h7-16,18-19H,2-6,17H2,1H3. The molecule has 0 spiro atoms. The summed E-state index contributed by atoms with van der Waals surface area (Å²) < 4.78 is 59.9. The van der Waals surface area contributed by atoms with Crippen molar-refractivity contribution in [2.75, 3.05) is 6.61 Å². The van der Waals surface area contributed by atoms with E-state index in [9.17, 15) is 27.6 Å². The Morgan fingerprint density at radius 2 is 1.37 bits per heavy atom. The molecule has 0 bridgehead atoms. The number of hydrogen-bond donors (Lipinski definition) is 0. The SMILES string of the molecule is CCCCCCCOc1ccc(C(=O)Oc2ccc(OC(=O)c3cc4ccc(C(F)(F)F)cc4oc3=O)cc2)cc1. The van der Waals surface area contributed by atoms with E-state index in [1.165, 1.54) is 43.5 Å². The topological polar surface area (TPSA) is 92.0 Å². The third kappa shape index (κ3) is 7.97. The Labute approximate surface area is 233 Å². The third-order valence-electron chi connectivity index (χ3n) is 6.13. The van der Waals surface area contributed by atoms with Crippen LogP contribution in [-0.4, -0.2) is 18.5 Å². The molecule has 0 saturated carbocycles. The molecule has 4 rings (SSSR count). The number of hydrogen-bond acceptors (Lipinski definition) is 7. The lowest BCUT2D eigenvalue weighted by atomic mass is 10.1. The van der Waals surface area contributed by atoms with Gasteiger partial charge in [0.05, 0.1) is 17.7 Å². The fourth-order valence-electron chi connectivity index (χ4n) is 3.92. The number of unbranched alkanes of at least 4 members (excludes halogenated alkanes) is 4. The predicted molar refractivity (Wildman–Crippen MR) is 145 cm³/mol. The van der Waals surface area contributed by atoms with Crippen molar-refractivity contribution >= 4 is 22.9 Å². The highest BCUT2D eigenvalue weighted by atomic mass is 19.4. The minimum Gasteiger partial charge on any atom is -0.494 e. The zero-order valence-electron chi connectivity index (χ0n) is 22.2. The summed E-state index contributed by atoms with van der Waals surface area (Å²) in [6.45, 7) is 2.77. The molecule has 0 fully saturated rings. The van der Waals surface area contributed by atoms with Gasteiger partial charge in [0.25, 0.3) is 0 Å². The van der Waals surface area contributed by atoms with Crippen molar-refractivity contribution in [3.05, 3.63) is 99.9 Å². The summed E-state index contributed by atoms with van der Waals surface area (Å²) in [5, 5.41) is 0.119. The second kappa shape index (κ2) is 13.2. The van der Waals surface area contributed by atoms with Crippen molar-refractivity contribution in [2.24, 2.45) is 0 Å². The highest BCUT2D eigenvalue weighted by Crippen LogP contribution is 2.31. The highest BCUT2D eigenvalue weighted by molar-refractivity contribution is 5.94. The van der Waals surface area contributed by atoms with Crippen molar-refractivity contribution in [3.8, 4) is 17.2 Å². The molecule has 4 aromatic rings. The lowest BCUT2D eigenvalue weighted by molar-refractivity contribution is -0.137. The van der Waals surface area contributed by atoms with Crippen molar-refractivity contribution in [1.29, 1.82) is 0 Å². The first-order chi connectivity index (χ1) is 19.6. The van der Waals surface area contributed by atoms with Crippen molar-refractivity contribution in [1.82, 2.24) is 0 Å². The molecule has 10 heteroatoms. The van der Waals surface area contributed by atoms with E-state index in [2.05, 4.69) is 6.92 Å². The van der Waals surface area contributed by atoms with Crippen LogP contribution in [0.5, 0.6) is 17.2 Å². The first-order valence-electron chi connectivity index (χ1n) is 13.1. The monoisotopic (exact) mass is 568 g/mol. The van der Waals surface area contributed by atoms with Gasteiger partial charge in [-0.25, -0.2) is 14.4 Å². The first-order valence-corrected chi connectivity index (χ1v) is 13.1. The van der Waals surface area contributed by atoms with Crippen LogP contribution < -0.4 is 19.8 Å². The van der Waals surface area contributed by atoms with Gasteiger partial charge in [0.15, 0.2) is 0 Å². The molecular formula is C31H27F3O7. The maximum Gasteiger partial charge on any atom is 0.416 e. The summed E-state index contributed by atoms with van der Waals surface area (Å²) in [6, 6.07) is 15.8. The van der Waals surface area contributed by atoms with Crippen LogP contribution in [0.1, 0.15) is 65.3 Å². The van der Waals surface area contributed by atoms with E-state index < -0.39 is 34.9 Å². The molecule has 41 heavy (non-hydrogen) atoms. The average molecular weight is 569 g/mol. The van der Waals surface area contributed by atoms with Gasteiger partial charge in [-0.1, -0.05) is 38.7 Å². The number of rotatable bonds is 11. The smallest absolute Gasteiger partial charge is 0.416 e. The maximum atomic E-state index is 12.9. The van der Waals surface area contributed by atoms with E-state index >= 15 is 0 Å². The Balaban J connectivity index is 1.32. The van der Waals surface area contributed by atoms with E-state index in [0.29, 0.717) is 24.0 Å². The number of esters is 2. The van der Waals surface area contributed by atoms with Gasteiger partial charge < -0.3 is 18.6 Å². The number of halogens is 3. The van der Waals surface area contributed by atoms with Gasteiger partial charge in [-0.15, -0.1) is 0 Å². The van der Waals surface area contributed by atoms with E-state index in [1.54, 1.807) is 24.3 Å². The normalized spacial score (nSPS) is 11.3. The lowest BCUT2D eigenvalue weighted by Crippen LogP contribution is -2.18. The zero-order valence-corrected chi connectivity index (χ0v) is 22.2. The Morgan fingerprint density at radius 1 is 0.756 bits per heavy atom. The number of ether oxygens (including phenoxy) is 3. The second-order valence-electron chi connectivity index (χ2n) is 9.24.